The maximum atomic E-state index is 11.8. The van der Waals surface area contributed by atoms with Gasteiger partial charge in [-0.1, -0.05) is 13.8 Å². The quantitative estimate of drug-likeness (QED) is 0.611. The minimum Gasteiger partial charge on any atom is -0.480 e. The number of hydrogen-bond acceptors (Lipinski definition) is 4. The maximum Gasteiger partial charge on any atom is 0.326 e. The van der Waals surface area contributed by atoms with E-state index >= 15 is 0 Å². The zero-order valence-electron chi connectivity index (χ0n) is 11.5. The number of carboxylic acid groups (broad SMARTS) is 1. The highest BCUT2D eigenvalue weighted by atomic mass is 16.4. The van der Waals surface area contributed by atoms with E-state index in [1.165, 1.54) is 4.90 Å². The van der Waals surface area contributed by atoms with E-state index in [4.69, 9.17) is 5.11 Å². The Labute approximate surface area is 116 Å². The van der Waals surface area contributed by atoms with E-state index in [0.717, 1.165) is 0 Å². The number of carboxylic acids is 1. The Balaban J connectivity index is 2.51. The van der Waals surface area contributed by atoms with Crippen molar-refractivity contribution in [2.75, 3.05) is 13.1 Å². The molecule has 3 N–H and O–H groups in total. The molecule has 0 saturated carbocycles. The van der Waals surface area contributed by atoms with Crippen molar-refractivity contribution in [1.82, 2.24) is 15.5 Å². The van der Waals surface area contributed by atoms with Gasteiger partial charge in [0.2, 0.25) is 11.8 Å². The molecule has 1 unspecified atom stereocenters. The monoisotopic (exact) mass is 285 g/mol. The van der Waals surface area contributed by atoms with Crippen molar-refractivity contribution in [2.45, 2.75) is 32.7 Å². The fourth-order valence-electron chi connectivity index (χ4n) is 1.86. The van der Waals surface area contributed by atoms with Gasteiger partial charge < -0.3 is 15.3 Å². The van der Waals surface area contributed by atoms with Crippen molar-refractivity contribution in [1.29, 1.82) is 0 Å². The van der Waals surface area contributed by atoms with Crippen molar-refractivity contribution >= 4 is 23.8 Å². The second-order valence-corrected chi connectivity index (χ2v) is 5.11. The molecule has 8 nitrogen and oxygen atoms in total. The summed E-state index contributed by atoms with van der Waals surface area (Å²) in [5, 5.41) is 13.5. The summed E-state index contributed by atoms with van der Waals surface area (Å²) in [5.41, 5.74) is 0. The first-order valence-corrected chi connectivity index (χ1v) is 6.40. The summed E-state index contributed by atoms with van der Waals surface area (Å²) in [6.45, 7) is 3.60. The molecule has 1 saturated heterocycles. The zero-order valence-corrected chi connectivity index (χ0v) is 11.5. The van der Waals surface area contributed by atoms with E-state index < -0.39 is 23.9 Å². The lowest BCUT2D eigenvalue weighted by Crippen LogP contribution is -2.54. The van der Waals surface area contributed by atoms with Crippen LogP contribution in [0.3, 0.4) is 0 Å². The highest BCUT2D eigenvalue weighted by molar-refractivity contribution is 5.98. The van der Waals surface area contributed by atoms with E-state index in [1.54, 1.807) is 0 Å². The highest BCUT2D eigenvalue weighted by Gasteiger charge is 2.27. The molecule has 20 heavy (non-hydrogen) atoms. The average Bonchev–Trinajstić information content (AvgIpc) is 2.31. The van der Waals surface area contributed by atoms with E-state index in [2.05, 4.69) is 10.6 Å². The van der Waals surface area contributed by atoms with Crippen LogP contribution in [-0.4, -0.2) is 53.0 Å². The van der Waals surface area contributed by atoms with Gasteiger partial charge in [-0.3, -0.25) is 14.9 Å². The molecule has 1 aliphatic rings. The SMILES string of the molecule is CC(C)CC(NC(=O)CN1CCC(=O)NC1=O)C(=O)O. The van der Waals surface area contributed by atoms with Crippen LogP contribution in [0.15, 0.2) is 0 Å². The Bertz CT molecular complexity index is 421. The molecule has 0 aromatic heterocycles. The van der Waals surface area contributed by atoms with Gasteiger partial charge in [0.05, 0.1) is 0 Å². The van der Waals surface area contributed by atoms with E-state index in [0.29, 0.717) is 6.42 Å². The lowest BCUT2D eigenvalue weighted by Gasteiger charge is -2.26. The first-order valence-electron chi connectivity index (χ1n) is 6.40. The second-order valence-electron chi connectivity index (χ2n) is 5.11. The summed E-state index contributed by atoms with van der Waals surface area (Å²) >= 11 is 0. The molecule has 0 radical (unpaired) electrons. The van der Waals surface area contributed by atoms with Crippen LogP contribution in [0.4, 0.5) is 4.79 Å². The number of imide groups is 1. The summed E-state index contributed by atoms with van der Waals surface area (Å²) in [5.74, 6) is -1.92. The van der Waals surface area contributed by atoms with Crippen molar-refractivity contribution < 1.29 is 24.3 Å². The molecular weight excluding hydrogens is 266 g/mol. The lowest BCUT2D eigenvalue weighted by molar-refractivity contribution is -0.142. The normalized spacial score (nSPS) is 16.9. The number of carbonyl (C=O) groups is 4. The van der Waals surface area contributed by atoms with Crippen LogP contribution in [0.25, 0.3) is 0 Å². The largest absolute Gasteiger partial charge is 0.480 e. The molecule has 1 rings (SSSR count). The summed E-state index contributed by atoms with van der Waals surface area (Å²) in [6, 6.07) is -1.61. The van der Waals surface area contributed by atoms with E-state index in [-0.39, 0.29) is 31.3 Å². The Kier molecular flexibility index (Phi) is 5.48. The number of carbonyl (C=O) groups excluding carboxylic acids is 3. The average molecular weight is 285 g/mol. The van der Waals surface area contributed by atoms with Crippen molar-refractivity contribution in [2.24, 2.45) is 5.92 Å². The van der Waals surface area contributed by atoms with Crippen molar-refractivity contribution in [3.8, 4) is 0 Å². The molecule has 1 aliphatic heterocycles. The molecule has 0 aromatic rings. The predicted octanol–water partition coefficient (Wildman–Crippen LogP) is -0.456. The zero-order chi connectivity index (χ0) is 15.3. The summed E-state index contributed by atoms with van der Waals surface area (Å²) in [7, 11) is 0. The van der Waals surface area contributed by atoms with Crippen LogP contribution in [-0.2, 0) is 14.4 Å². The molecule has 0 aliphatic carbocycles. The minimum atomic E-state index is -1.11. The van der Waals surface area contributed by atoms with Gasteiger partial charge >= 0.3 is 12.0 Å². The van der Waals surface area contributed by atoms with Gasteiger partial charge in [-0.25, -0.2) is 9.59 Å². The van der Waals surface area contributed by atoms with Crippen LogP contribution in [0.5, 0.6) is 0 Å². The van der Waals surface area contributed by atoms with Gasteiger partial charge in [-0.2, -0.15) is 0 Å². The molecule has 0 aromatic carbocycles. The van der Waals surface area contributed by atoms with Crippen LogP contribution >= 0.6 is 0 Å². The molecule has 8 heteroatoms. The van der Waals surface area contributed by atoms with Gasteiger partial charge in [0.1, 0.15) is 12.6 Å². The number of amides is 4. The second kappa shape index (κ2) is 6.88. The Hall–Kier alpha value is -2.12. The Morgan fingerprint density at radius 3 is 2.55 bits per heavy atom. The Morgan fingerprint density at radius 1 is 1.40 bits per heavy atom. The highest BCUT2D eigenvalue weighted by Crippen LogP contribution is 2.05. The van der Waals surface area contributed by atoms with Gasteiger partial charge in [0.15, 0.2) is 0 Å². The number of hydrogen-bond donors (Lipinski definition) is 3. The summed E-state index contributed by atoms with van der Waals surface area (Å²) in [6.07, 6.45) is 0.444. The first-order chi connectivity index (χ1) is 9.29. The Morgan fingerprint density at radius 2 is 2.05 bits per heavy atom. The van der Waals surface area contributed by atoms with Gasteiger partial charge in [0, 0.05) is 13.0 Å². The topological polar surface area (TPSA) is 116 Å². The van der Waals surface area contributed by atoms with E-state index in [9.17, 15) is 19.2 Å². The number of nitrogens with zero attached hydrogens (tertiary/aromatic N) is 1. The number of nitrogens with one attached hydrogen (secondary N) is 2. The van der Waals surface area contributed by atoms with Gasteiger partial charge in [-0.15, -0.1) is 0 Å². The first kappa shape index (κ1) is 15.9. The minimum absolute atomic E-state index is 0.118. The molecule has 1 fully saturated rings. The van der Waals surface area contributed by atoms with Crippen LogP contribution in [0.1, 0.15) is 26.7 Å². The fraction of sp³-hybridized carbons (Fsp3) is 0.667. The van der Waals surface area contributed by atoms with Crippen molar-refractivity contribution in [3.63, 3.8) is 0 Å². The molecule has 4 amide bonds. The van der Waals surface area contributed by atoms with Gasteiger partial charge in [0.25, 0.3) is 0 Å². The summed E-state index contributed by atoms with van der Waals surface area (Å²) < 4.78 is 0. The van der Waals surface area contributed by atoms with Crippen LogP contribution < -0.4 is 10.6 Å². The predicted molar refractivity (Wildman–Crippen MR) is 68.8 cm³/mol. The molecule has 112 valence electrons. The molecule has 1 atom stereocenters. The smallest absolute Gasteiger partial charge is 0.326 e. The fourth-order valence-corrected chi connectivity index (χ4v) is 1.86. The van der Waals surface area contributed by atoms with Crippen molar-refractivity contribution in [3.05, 3.63) is 0 Å². The third-order valence-electron chi connectivity index (χ3n) is 2.82. The van der Waals surface area contributed by atoms with Crippen LogP contribution in [0, 0.1) is 5.92 Å². The third-order valence-corrected chi connectivity index (χ3v) is 2.82. The molecular formula is C12H19N3O5. The number of aliphatic carboxylic acids is 1. The molecule has 1 heterocycles. The third kappa shape index (κ3) is 4.87. The van der Waals surface area contributed by atoms with E-state index in [1.807, 2.05) is 13.8 Å². The summed E-state index contributed by atoms with van der Waals surface area (Å²) in [4.78, 5) is 46.3. The van der Waals surface area contributed by atoms with Gasteiger partial charge in [-0.05, 0) is 12.3 Å². The number of urea groups is 1. The number of rotatable bonds is 6. The van der Waals surface area contributed by atoms with Crippen LogP contribution in [0.2, 0.25) is 0 Å². The molecule has 0 bridgehead atoms. The maximum absolute atomic E-state index is 11.8. The molecule has 0 spiro atoms. The standard InChI is InChI=1S/C12H19N3O5/c1-7(2)5-8(11(18)19)13-10(17)6-15-4-3-9(16)14-12(15)20/h7-8H,3-6H2,1-2H3,(H,13,17)(H,18,19)(H,14,16,20). The lowest BCUT2D eigenvalue weighted by atomic mass is 10.0.